The molecule has 1 unspecified atom stereocenters. The zero-order valence-electron chi connectivity index (χ0n) is 8.63. The van der Waals surface area contributed by atoms with E-state index in [1.165, 1.54) is 31.8 Å². The molecule has 13 heavy (non-hydrogen) atoms. The van der Waals surface area contributed by atoms with Crippen molar-refractivity contribution in [1.29, 1.82) is 0 Å². The first-order chi connectivity index (χ1) is 6.41. The smallest absolute Gasteiger partial charge is 0.0468 e. The second kappa shape index (κ2) is 12.1. The Balaban J connectivity index is 2.79. The molecular weight excluding hydrogens is 179 g/mol. The summed E-state index contributed by atoms with van der Waals surface area (Å²) in [5.74, 6) is 0. The van der Waals surface area contributed by atoms with E-state index in [-0.39, 0.29) is 0 Å². The maximum Gasteiger partial charge on any atom is 0.0468 e. The van der Waals surface area contributed by atoms with Crippen molar-refractivity contribution in [3.63, 3.8) is 0 Å². The van der Waals surface area contributed by atoms with E-state index in [1.54, 1.807) is 0 Å². The van der Waals surface area contributed by atoms with Crippen molar-refractivity contribution in [1.82, 2.24) is 0 Å². The molecule has 0 saturated heterocycles. The van der Waals surface area contributed by atoms with Crippen LogP contribution in [0.5, 0.6) is 0 Å². The third kappa shape index (κ3) is 12.1. The van der Waals surface area contributed by atoms with E-state index in [0.717, 1.165) is 26.1 Å². The monoisotopic (exact) mass is 202 g/mol. The first-order valence-electron chi connectivity index (χ1n) is 5.30. The van der Waals surface area contributed by atoms with Crippen LogP contribution in [0, 0.1) is 0 Å². The van der Waals surface area contributed by atoms with Crippen LogP contribution in [0.15, 0.2) is 12.7 Å². The van der Waals surface area contributed by atoms with Gasteiger partial charge < -0.3 is 4.74 Å². The van der Waals surface area contributed by atoms with Gasteiger partial charge >= 0.3 is 0 Å². The number of hydrogen-bond acceptors (Lipinski definition) is 1. The maximum atomic E-state index is 5.46. The molecule has 0 aromatic rings. The van der Waals surface area contributed by atoms with Gasteiger partial charge in [-0.3, -0.25) is 0 Å². The summed E-state index contributed by atoms with van der Waals surface area (Å²) < 4.78 is 5.46. The molecular formula is C11H23OP. The maximum absolute atomic E-state index is 5.46. The van der Waals surface area contributed by atoms with Gasteiger partial charge in [0.1, 0.15) is 0 Å². The molecule has 0 rings (SSSR count). The minimum atomic E-state index is 0.898. The Morgan fingerprint density at radius 2 is 1.69 bits per heavy atom. The molecule has 2 heteroatoms. The number of ether oxygens (including phenoxy) is 1. The van der Waals surface area contributed by atoms with Crippen LogP contribution in [0.25, 0.3) is 0 Å². The Morgan fingerprint density at radius 1 is 1.00 bits per heavy atom. The molecule has 0 saturated carbocycles. The van der Waals surface area contributed by atoms with E-state index in [1.807, 2.05) is 6.08 Å². The average molecular weight is 202 g/mol. The van der Waals surface area contributed by atoms with Gasteiger partial charge in [-0.2, -0.15) is 0 Å². The predicted octanol–water partition coefficient (Wildman–Crippen LogP) is 3.40. The van der Waals surface area contributed by atoms with Crippen LogP contribution in [-0.4, -0.2) is 19.4 Å². The van der Waals surface area contributed by atoms with Gasteiger partial charge in [0.25, 0.3) is 0 Å². The molecule has 0 aromatic carbocycles. The van der Waals surface area contributed by atoms with Crippen molar-refractivity contribution in [2.45, 2.75) is 38.5 Å². The number of allylic oxidation sites excluding steroid dienone is 1. The molecule has 0 aliphatic carbocycles. The lowest BCUT2D eigenvalue weighted by atomic mass is 10.2. The Hall–Kier alpha value is 0.130. The first-order valence-corrected chi connectivity index (χ1v) is 6.12. The largest absolute Gasteiger partial charge is 0.381 e. The van der Waals surface area contributed by atoms with E-state index >= 15 is 0 Å². The number of hydrogen-bond donors (Lipinski definition) is 0. The van der Waals surface area contributed by atoms with Crippen LogP contribution in [0.2, 0.25) is 0 Å². The molecule has 0 spiro atoms. The second-order valence-electron chi connectivity index (χ2n) is 3.25. The Labute approximate surface area is 85.1 Å². The second-order valence-corrected chi connectivity index (χ2v) is 3.82. The zero-order chi connectivity index (χ0) is 9.78. The van der Waals surface area contributed by atoms with Crippen molar-refractivity contribution in [3.05, 3.63) is 12.7 Å². The predicted molar refractivity (Wildman–Crippen MR) is 63.3 cm³/mol. The molecule has 0 aliphatic rings. The third-order valence-corrected chi connectivity index (χ3v) is 2.35. The molecule has 0 heterocycles. The molecule has 0 aromatic heterocycles. The summed E-state index contributed by atoms with van der Waals surface area (Å²) in [6, 6.07) is 0. The highest BCUT2D eigenvalue weighted by atomic mass is 31.0. The van der Waals surface area contributed by atoms with Gasteiger partial charge in [-0.05, 0) is 31.8 Å². The quantitative estimate of drug-likeness (QED) is 0.300. The van der Waals surface area contributed by atoms with Gasteiger partial charge in [0.15, 0.2) is 0 Å². The fourth-order valence-electron chi connectivity index (χ4n) is 1.13. The minimum Gasteiger partial charge on any atom is -0.381 e. The SMILES string of the molecule is C=CCCCOCCCCCCP. The fourth-order valence-corrected chi connectivity index (χ4v) is 1.42. The van der Waals surface area contributed by atoms with Gasteiger partial charge in [0.05, 0.1) is 0 Å². The lowest BCUT2D eigenvalue weighted by molar-refractivity contribution is 0.128. The number of unbranched alkanes of at least 4 members (excludes halogenated alkanes) is 4. The molecule has 0 fully saturated rings. The van der Waals surface area contributed by atoms with Crippen molar-refractivity contribution in [2.75, 3.05) is 19.4 Å². The summed E-state index contributed by atoms with van der Waals surface area (Å²) in [5.41, 5.74) is 0. The Bertz CT molecular complexity index is 104. The first kappa shape index (κ1) is 13.1. The molecule has 0 radical (unpaired) electrons. The van der Waals surface area contributed by atoms with E-state index in [0.29, 0.717) is 0 Å². The van der Waals surface area contributed by atoms with E-state index in [4.69, 9.17) is 4.74 Å². The van der Waals surface area contributed by atoms with E-state index in [9.17, 15) is 0 Å². The lowest BCUT2D eigenvalue weighted by Gasteiger charge is -2.02. The summed E-state index contributed by atoms with van der Waals surface area (Å²) in [5, 5.41) is 0. The van der Waals surface area contributed by atoms with Crippen molar-refractivity contribution in [3.8, 4) is 0 Å². The summed E-state index contributed by atoms with van der Waals surface area (Å²) in [7, 11) is 2.77. The molecule has 0 bridgehead atoms. The van der Waals surface area contributed by atoms with Gasteiger partial charge in [0, 0.05) is 13.2 Å². The molecule has 78 valence electrons. The molecule has 0 N–H and O–H groups in total. The summed E-state index contributed by atoms with van der Waals surface area (Å²) in [6.07, 6.45) is 10.6. The highest BCUT2D eigenvalue weighted by Gasteiger charge is 1.89. The van der Waals surface area contributed by atoms with Crippen LogP contribution in [0.1, 0.15) is 38.5 Å². The van der Waals surface area contributed by atoms with E-state index < -0.39 is 0 Å². The van der Waals surface area contributed by atoms with Crippen LogP contribution < -0.4 is 0 Å². The van der Waals surface area contributed by atoms with Crippen LogP contribution >= 0.6 is 9.24 Å². The molecule has 1 nitrogen and oxygen atoms in total. The van der Waals surface area contributed by atoms with Crippen molar-refractivity contribution in [2.24, 2.45) is 0 Å². The molecule has 0 amide bonds. The zero-order valence-corrected chi connectivity index (χ0v) is 9.79. The summed E-state index contributed by atoms with van der Waals surface area (Å²) in [6.45, 7) is 5.51. The number of rotatable bonds is 10. The Morgan fingerprint density at radius 3 is 2.38 bits per heavy atom. The van der Waals surface area contributed by atoms with Crippen LogP contribution in [0.4, 0.5) is 0 Å². The fraction of sp³-hybridized carbons (Fsp3) is 0.818. The lowest BCUT2D eigenvalue weighted by Crippen LogP contribution is -1.96. The third-order valence-electron chi connectivity index (χ3n) is 1.94. The topological polar surface area (TPSA) is 9.23 Å². The van der Waals surface area contributed by atoms with Crippen LogP contribution in [0.3, 0.4) is 0 Å². The van der Waals surface area contributed by atoms with Crippen LogP contribution in [-0.2, 0) is 4.74 Å². The van der Waals surface area contributed by atoms with Gasteiger partial charge in [0.2, 0.25) is 0 Å². The minimum absolute atomic E-state index is 0.898. The summed E-state index contributed by atoms with van der Waals surface area (Å²) in [4.78, 5) is 0. The summed E-state index contributed by atoms with van der Waals surface area (Å²) >= 11 is 0. The van der Waals surface area contributed by atoms with Crippen molar-refractivity contribution >= 4 is 9.24 Å². The Kier molecular flexibility index (Phi) is 12.3. The highest BCUT2D eigenvalue weighted by molar-refractivity contribution is 7.16. The van der Waals surface area contributed by atoms with Gasteiger partial charge in [-0.1, -0.05) is 18.9 Å². The van der Waals surface area contributed by atoms with Crippen molar-refractivity contribution < 1.29 is 4.74 Å². The van der Waals surface area contributed by atoms with Gasteiger partial charge in [-0.15, -0.1) is 15.8 Å². The normalized spacial score (nSPS) is 10.2. The average Bonchev–Trinajstić information content (AvgIpc) is 2.16. The molecule has 0 aliphatic heterocycles. The standard InChI is InChI=1S/C11H23OP/c1-2-3-6-9-12-10-7-4-5-8-11-13/h2H,1,3-11,13H2. The van der Waals surface area contributed by atoms with E-state index in [2.05, 4.69) is 15.8 Å². The van der Waals surface area contributed by atoms with Gasteiger partial charge in [-0.25, -0.2) is 0 Å². The highest BCUT2D eigenvalue weighted by Crippen LogP contribution is 2.02. The molecule has 1 atom stereocenters.